The van der Waals surface area contributed by atoms with E-state index in [1.807, 2.05) is 13.0 Å². The van der Waals surface area contributed by atoms with Crippen LogP contribution in [0.3, 0.4) is 0 Å². The van der Waals surface area contributed by atoms with Crippen LogP contribution in [0.5, 0.6) is 0 Å². The molecule has 4 amide bonds. The summed E-state index contributed by atoms with van der Waals surface area (Å²) in [5, 5.41) is 28.7. The fourth-order valence-corrected chi connectivity index (χ4v) is 4.45. The number of hydrogen-bond donors (Lipinski definition) is 4. The average molecular weight is 576 g/mol. The highest BCUT2D eigenvalue weighted by atomic mass is 16.6. The number of imide groups is 1. The van der Waals surface area contributed by atoms with Crippen molar-refractivity contribution in [3.63, 3.8) is 0 Å². The topological polar surface area (TPSA) is 171 Å². The van der Waals surface area contributed by atoms with Gasteiger partial charge in [0.25, 0.3) is 11.6 Å². The molecule has 0 heterocycles. The standard InChI is InChI=1S/C30H33N5O7/c1-4-22-17-21(11-14-25(22)33-26-8-6-5-7-24(26)29(38)39)18-27(32-19(2)36)28(37)34(30(40)31-3)16-15-20-9-12-23(13-10-20)35(41)42/h5-14,17,27,33H,4,15-16,18H2,1-3H3,(H,31,40)(H,32,36)(H,38,39)/t27-/m0/s1. The van der Waals surface area contributed by atoms with Crippen LogP contribution >= 0.6 is 0 Å². The molecule has 220 valence electrons. The summed E-state index contributed by atoms with van der Waals surface area (Å²) >= 11 is 0. The summed E-state index contributed by atoms with van der Waals surface area (Å²) in [4.78, 5) is 61.4. The summed E-state index contributed by atoms with van der Waals surface area (Å²) in [6.45, 7) is 3.21. The zero-order valence-electron chi connectivity index (χ0n) is 23.5. The van der Waals surface area contributed by atoms with Crippen LogP contribution in [0, 0.1) is 10.1 Å². The molecular weight excluding hydrogens is 542 g/mol. The van der Waals surface area contributed by atoms with E-state index in [0.29, 0.717) is 23.4 Å². The third kappa shape index (κ3) is 8.13. The van der Waals surface area contributed by atoms with E-state index in [-0.39, 0.29) is 30.6 Å². The Morgan fingerprint density at radius 2 is 1.64 bits per heavy atom. The highest BCUT2D eigenvalue weighted by Gasteiger charge is 2.29. The van der Waals surface area contributed by atoms with Gasteiger partial charge < -0.3 is 21.1 Å². The minimum atomic E-state index is -1.06. The Labute approximate surface area is 242 Å². The van der Waals surface area contributed by atoms with E-state index < -0.39 is 34.8 Å². The van der Waals surface area contributed by atoms with Crippen LogP contribution in [0.15, 0.2) is 66.7 Å². The van der Waals surface area contributed by atoms with E-state index >= 15 is 0 Å². The maximum absolute atomic E-state index is 13.6. The van der Waals surface area contributed by atoms with Crippen molar-refractivity contribution in [2.45, 2.75) is 39.2 Å². The molecule has 0 spiro atoms. The first-order valence-corrected chi connectivity index (χ1v) is 13.3. The second-order valence-corrected chi connectivity index (χ2v) is 9.50. The SMILES string of the molecule is CCc1cc(C[C@H](NC(C)=O)C(=O)N(CCc2ccc([N+](=O)[O-])cc2)C(=O)NC)ccc1Nc1ccccc1C(=O)O. The Hall–Kier alpha value is -5.26. The molecule has 0 aliphatic heterocycles. The van der Waals surface area contributed by atoms with Crippen LogP contribution in [0.25, 0.3) is 0 Å². The molecule has 0 radical (unpaired) electrons. The molecule has 0 unspecified atom stereocenters. The minimum Gasteiger partial charge on any atom is -0.478 e. The molecule has 0 aliphatic rings. The third-order valence-electron chi connectivity index (χ3n) is 6.59. The largest absolute Gasteiger partial charge is 0.478 e. The number of nitro groups is 1. The van der Waals surface area contributed by atoms with Crippen molar-refractivity contribution in [2.24, 2.45) is 0 Å². The summed E-state index contributed by atoms with van der Waals surface area (Å²) in [6.07, 6.45) is 0.953. The average Bonchev–Trinajstić information content (AvgIpc) is 2.97. The normalized spacial score (nSPS) is 11.2. The van der Waals surface area contributed by atoms with Crippen molar-refractivity contribution in [1.82, 2.24) is 15.5 Å². The lowest BCUT2D eigenvalue weighted by atomic mass is 9.99. The van der Waals surface area contributed by atoms with Crippen molar-refractivity contribution in [3.05, 3.63) is 99.1 Å². The van der Waals surface area contributed by atoms with Gasteiger partial charge in [-0.05, 0) is 47.7 Å². The molecule has 4 N–H and O–H groups in total. The van der Waals surface area contributed by atoms with Crippen LogP contribution < -0.4 is 16.0 Å². The Bertz CT molecular complexity index is 1470. The molecule has 0 saturated carbocycles. The van der Waals surface area contributed by atoms with Crippen molar-refractivity contribution < 1.29 is 29.2 Å². The number of para-hydroxylation sites is 1. The maximum atomic E-state index is 13.6. The molecular formula is C30H33N5O7. The van der Waals surface area contributed by atoms with Gasteiger partial charge in [-0.3, -0.25) is 24.6 Å². The van der Waals surface area contributed by atoms with Crippen molar-refractivity contribution in [1.29, 1.82) is 0 Å². The van der Waals surface area contributed by atoms with Gasteiger partial charge >= 0.3 is 12.0 Å². The first kappa shape index (κ1) is 31.3. The van der Waals surface area contributed by atoms with Crippen molar-refractivity contribution in [2.75, 3.05) is 18.9 Å². The number of carbonyl (C=O) groups is 4. The fourth-order valence-electron chi connectivity index (χ4n) is 4.45. The van der Waals surface area contributed by atoms with Gasteiger partial charge in [0, 0.05) is 44.8 Å². The number of nitrogens with zero attached hydrogens (tertiary/aromatic N) is 2. The summed E-state index contributed by atoms with van der Waals surface area (Å²) in [5.74, 6) is -2.11. The van der Waals surface area contributed by atoms with Crippen molar-refractivity contribution in [3.8, 4) is 0 Å². The van der Waals surface area contributed by atoms with E-state index in [1.54, 1.807) is 42.5 Å². The Kier molecular flexibility index (Phi) is 10.7. The first-order valence-electron chi connectivity index (χ1n) is 13.3. The number of carboxylic acid groups (broad SMARTS) is 1. The maximum Gasteiger partial charge on any atom is 0.337 e. The molecule has 1 atom stereocenters. The van der Waals surface area contributed by atoms with E-state index in [1.165, 1.54) is 32.2 Å². The van der Waals surface area contributed by atoms with Gasteiger partial charge in [0.15, 0.2) is 0 Å². The van der Waals surface area contributed by atoms with Crippen molar-refractivity contribution >= 4 is 40.9 Å². The van der Waals surface area contributed by atoms with E-state index in [4.69, 9.17) is 0 Å². The number of carbonyl (C=O) groups excluding carboxylic acids is 3. The van der Waals surface area contributed by atoms with E-state index in [9.17, 15) is 34.4 Å². The molecule has 3 aromatic carbocycles. The zero-order valence-corrected chi connectivity index (χ0v) is 23.5. The van der Waals surface area contributed by atoms with Crippen LogP contribution in [0.2, 0.25) is 0 Å². The van der Waals surface area contributed by atoms with Gasteiger partial charge in [-0.1, -0.05) is 43.3 Å². The number of rotatable bonds is 12. The molecule has 12 heteroatoms. The molecule has 0 fully saturated rings. The second kappa shape index (κ2) is 14.4. The lowest BCUT2D eigenvalue weighted by molar-refractivity contribution is -0.384. The lowest BCUT2D eigenvalue weighted by Gasteiger charge is -2.26. The molecule has 12 nitrogen and oxygen atoms in total. The number of non-ortho nitro benzene ring substituents is 1. The molecule has 3 aromatic rings. The van der Waals surface area contributed by atoms with Crippen LogP contribution in [-0.4, -0.2) is 58.4 Å². The summed E-state index contributed by atoms with van der Waals surface area (Å²) in [7, 11) is 1.39. The predicted molar refractivity (Wildman–Crippen MR) is 157 cm³/mol. The van der Waals surface area contributed by atoms with Gasteiger partial charge in [0.2, 0.25) is 5.91 Å². The monoisotopic (exact) mass is 575 g/mol. The van der Waals surface area contributed by atoms with E-state index in [0.717, 1.165) is 16.0 Å². The molecule has 0 aliphatic carbocycles. The van der Waals surface area contributed by atoms with Crippen LogP contribution in [0.4, 0.5) is 21.9 Å². The fraction of sp³-hybridized carbons (Fsp3) is 0.267. The van der Waals surface area contributed by atoms with Gasteiger partial charge in [-0.15, -0.1) is 0 Å². The number of aromatic carboxylic acids is 1. The molecule has 0 aromatic heterocycles. The predicted octanol–water partition coefficient (Wildman–Crippen LogP) is 4.06. The number of nitro benzene ring substituents is 1. The number of carboxylic acids is 1. The summed E-state index contributed by atoms with van der Waals surface area (Å²) in [5.41, 5.74) is 3.48. The minimum absolute atomic E-state index is 0.0154. The number of benzene rings is 3. The zero-order chi connectivity index (χ0) is 30.8. The Morgan fingerprint density at radius 3 is 2.24 bits per heavy atom. The van der Waals surface area contributed by atoms with Gasteiger partial charge in [0.1, 0.15) is 6.04 Å². The highest BCUT2D eigenvalue weighted by molar-refractivity contribution is 5.98. The van der Waals surface area contributed by atoms with E-state index in [2.05, 4.69) is 16.0 Å². The summed E-state index contributed by atoms with van der Waals surface area (Å²) < 4.78 is 0. The van der Waals surface area contributed by atoms with Crippen LogP contribution in [-0.2, 0) is 28.9 Å². The third-order valence-corrected chi connectivity index (χ3v) is 6.59. The number of urea groups is 1. The van der Waals surface area contributed by atoms with Gasteiger partial charge in [0.05, 0.1) is 16.2 Å². The summed E-state index contributed by atoms with van der Waals surface area (Å²) in [6, 6.07) is 16.1. The van der Waals surface area contributed by atoms with Crippen LogP contribution in [0.1, 0.15) is 40.9 Å². The Morgan fingerprint density at radius 1 is 0.976 bits per heavy atom. The second-order valence-electron chi connectivity index (χ2n) is 9.50. The smallest absolute Gasteiger partial charge is 0.337 e. The Balaban J connectivity index is 1.83. The number of anilines is 2. The number of amides is 4. The number of aryl methyl sites for hydroxylation is 1. The lowest BCUT2D eigenvalue weighted by Crippen LogP contribution is -2.53. The molecule has 42 heavy (non-hydrogen) atoms. The highest BCUT2D eigenvalue weighted by Crippen LogP contribution is 2.26. The molecule has 0 bridgehead atoms. The molecule has 0 saturated heterocycles. The quantitative estimate of drug-likeness (QED) is 0.185. The number of hydrogen-bond acceptors (Lipinski definition) is 7. The van der Waals surface area contributed by atoms with Gasteiger partial charge in [-0.2, -0.15) is 0 Å². The molecule has 3 rings (SSSR count). The van der Waals surface area contributed by atoms with Gasteiger partial charge in [-0.25, -0.2) is 9.59 Å². The first-order chi connectivity index (χ1) is 20.0. The number of nitrogens with one attached hydrogen (secondary N) is 3.